The maximum atomic E-state index is 14.6. The third-order valence-corrected chi connectivity index (χ3v) is 10.8. The number of aliphatic hydroxyl groups is 2. The SMILES string of the molecule is Cc1ccc2c(=O)cc(CCc3cccc(F)c3F)n(CC(=O)N(Cc3ccc(-c4ccc(C(F)(F)F)cc4)cc3)C3CCN(C(C)C)CC3)c2n1.O=C(O)C(O)C(O)C(=O)O. The van der Waals surface area contributed by atoms with Crippen molar-refractivity contribution in [3.63, 3.8) is 0 Å². The van der Waals surface area contributed by atoms with Gasteiger partial charge in [0.25, 0.3) is 0 Å². The molecule has 3 aromatic carbocycles. The fourth-order valence-electron chi connectivity index (χ4n) is 7.25. The second-order valence-electron chi connectivity index (χ2n) is 15.3. The van der Waals surface area contributed by atoms with Gasteiger partial charge in [0, 0.05) is 49.2 Å². The van der Waals surface area contributed by atoms with Gasteiger partial charge in [-0.05, 0) is 99.0 Å². The Balaban J connectivity index is 0.000000646. The number of rotatable bonds is 13. The summed E-state index contributed by atoms with van der Waals surface area (Å²) in [5.41, 5.74) is 2.94. The average Bonchev–Trinajstić information content (AvgIpc) is 3.24. The van der Waals surface area contributed by atoms with Crippen molar-refractivity contribution in [3.8, 4) is 11.1 Å². The fourth-order valence-corrected chi connectivity index (χ4v) is 7.25. The molecular weight excluding hydrogens is 820 g/mol. The van der Waals surface area contributed by atoms with Crippen LogP contribution < -0.4 is 5.43 Å². The summed E-state index contributed by atoms with van der Waals surface area (Å²) in [5, 5.41) is 32.9. The molecule has 0 saturated carbocycles. The lowest BCUT2D eigenvalue weighted by atomic mass is 9.99. The minimum Gasteiger partial charge on any atom is -0.479 e. The number of aryl methyl sites for hydroxylation is 3. The van der Waals surface area contributed by atoms with Crippen molar-refractivity contribution in [1.82, 2.24) is 19.4 Å². The number of hydrogen-bond donors (Lipinski definition) is 4. The van der Waals surface area contributed by atoms with E-state index >= 15 is 0 Å². The average molecular weight is 867 g/mol. The van der Waals surface area contributed by atoms with Crippen LogP contribution in [0.3, 0.4) is 0 Å². The lowest BCUT2D eigenvalue weighted by Gasteiger charge is -2.40. The Morgan fingerprint density at radius 2 is 1.42 bits per heavy atom. The van der Waals surface area contributed by atoms with Crippen molar-refractivity contribution in [2.75, 3.05) is 13.1 Å². The van der Waals surface area contributed by atoms with Crippen LogP contribution in [0.15, 0.2) is 89.7 Å². The molecule has 1 amide bonds. The van der Waals surface area contributed by atoms with Crippen LogP contribution >= 0.6 is 0 Å². The van der Waals surface area contributed by atoms with Gasteiger partial charge in [-0.1, -0.05) is 48.5 Å². The Morgan fingerprint density at radius 1 is 0.839 bits per heavy atom. The van der Waals surface area contributed by atoms with E-state index in [9.17, 15) is 41.1 Å². The molecule has 12 nitrogen and oxygen atoms in total. The zero-order valence-electron chi connectivity index (χ0n) is 34.1. The van der Waals surface area contributed by atoms with Gasteiger partial charge in [0.05, 0.1) is 10.9 Å². The first kappa shape index (κ1) is 47.0. The summed E-state index contributed by atoms with van der Waals surface area (Å²) in [6.07, 6.45) is -7.14. The van der Waals surface area contributed by atoms with E-state index in [2.05, 4.69) is 23.7 Å². The number of carboxylic acid groups (broad SMARTS) is 2. The van der Waals surface area contributed by atoms with Crippen LogP contribution in [0, 0.1) is 18.6 Å². The van der Waals surface area contributed by atoms with Crippen LogP contribution in [-0.4, -0.2) is 95.0 Å². The van der Waals surface area contributed by atoms with Crippen molar-refractivity contribution >= 4 is 28.9 Å². The van der Waals surface area contributed by atoms with Gasteiger partial charge >= 0.3 is 18.1 Å². The van der Waals surface area contributed by atoms with Crippen molar-refractivity contribution in [1.29, 1.82) is 0 Å². The summed E-state index contributed by atoms with van der Waals surface area (Å²) >= 11 is 0. The first-order valence-electron chi connectivity index (χ1n) is 19.8. The summed E-state index contributed by atoms with van der Waals surface area (Å²) in [7, 11) is 0. The van der Waals surface area contributed by atoms with Gasteiger partial charge in [0.2, 0.25) is 5.91 Å². The van der Waals surface area contributed by atoms with Crippen LogP contribution in [0.2, 0.25) is 0 Å². The Kier molecular flexibility index (Phi) is 15.3. The van der Waals surface area contributed by atoms with E-state index in [1.807, 2.05) is 29.2 Å². The second-order valence-corrected chi connectivity index (χ2v) is 15.3. The van der Waals surface area contributed by atoms with Gasteiger partial charge in [-0.25, -0.2) is 23.4 Å². The van der Waals surface area contributed by atoms with E-state index in [0.717, 1.165) is 55.3 Å². The summed E-state index contributed by atoms with van der Waals surface area (Å²) in [5.74, 6) is -5.61. The van der Waals surface area contributed by atoms with E-state index < -0.39 is 47.5 Å². The monoisotopic (exact) mass is 866 g/mol. The number of aliphatic carboxylic acids is 2. The van der Waals surface area contributed by atoms with Crippen LogP contribution in [0.25, 0.3) is 22.2 Å². The number of benzene rings is 3. The number of nitrogens with zero attached hydrogens (tertiary/aromatic N) is 4. The standard InChI is InChI=1S/C41H41F5N4O2.C4H6O6/c1-26(2)48-21-19-33(20-22-48)49(24-28-8-10-29(11-9-28)30-12-15-32(16-13-30)41(44,45)46)38(52)25-50-34(17-14-31-5-4-6-36(42)39(31)43)23-37(51)35-18-7-27(3)47-40(35)50;5-1(3(7)8)2(6)4(9)10/h4-13,15-16,18,23,26,33H,14,17,19-22,24-25H2,1-3H3;1-2,5-6H,(H,7,8)(H,9,10). The molecule has 0 bridgehead atoms. The predicted octanol–water partition coefficient (Wildman–Crippen LogP) is 6.23. The number of carbonyl (C=O) groups is 3. The van der Waals surface area contributed by atoms with Gasteiger partial charge in [0.1, 0.15) is 12.2 Å². The lowest BCUT2D eigenvalue weighted by molar-refractivity contribution is -0.165. The molecule has 330 valence electrons. The van der Waals surface area contributed by atoms with E-state index in [0.29, 0.717) is 40.6 Å². The summed E-state index contributed by atoms with van der Waals surface area (Å²) < 4.78 is 69.7. The van der Waals surface area contributed by atoms with E-state index in [1.165, 1.54) is 30.3 Å². The third-order valence-electron chi connectivity index (χ3n) is 10.8. The van der Waals surface area contributed by atoms with Crippen LogP contribution in [-0.2, 0) is 46.5 Å². The smallest absolute Gasteiger partial charge is 0.416 e. The van der Waals surface area contributed by atoms with E-state index in [-0.39, 0.29) is 42.3 Å². The number of carbonyl (C=O) groups excluding carboxylic acids is 1. The number of alkyl halides is 3. The highest BCUT2D eigenvalue weighted by Gasteiger charge is 2.32. The number of fused-ring (bicyclic) bond motifs is 1. The highest BCUT2D eigenvalue weighted by atomic mass is 19.4. The molecule has 1 aliphatic rings. The van der Waals surface area contributed by atoms with Crippen LogP contribution in [0.4, 0.5) is 22.0 Å². The molecule has 3 heterocycles. The van der Waals surface area contributed by atoms with Gasteiger partial charge in [-0.2, -0.15) is 13.2 Å². The molecule has 6 rings (SSSR count). The predicted molar refractivity (Wildman–Crippen MR) is 219 cm³/mol. The van der Waals surface area contributed by atoms with Gasteiger partial charge in [-0.3, -0.25) is 9.59 Å². The molecule has 1 aliphatic heterocycles. The van der Waals surface area contributed by atoms with E-state index in [4.69, 9.17) is 20.4 Å². The summed E-state index contributed by atoms with van der Waals surface area (Å²) in [6, 6.07) is 21.6. The molecular formula is C45H47F5N4O8. The van der Waals surface area contributed by atoms with Crippen molar-refractivity contribution in [2.45, 2.75) is 90.0 Å². The van der Waals surface area contributed by atoms with Crippen LogP contribution in [0.5, 0.6) is 0 Å². The Morgan fingerprint density at radius 3 is 1.97 bits per heavy atom. The molecule has 1 saturated heterocycles. The minimum absolute atomic E-state index is 0.0673. The molecule has 1 fully saturated rings. The third kappa shape index (κ3) is 11.7. The molecule has 2 atom stereocenters. The number of carboxylic acids is 2. The maximum Gasteiger partial charge on any atom is 0.416 e. The molecule has 2 aromatic heterocycles. The molecule has 17 heteroatoms. The van der Waals surface area contributed by atoms with E-state index in [1.54, 1.807) is 23.6 Å². The number of piperidine rings is 1. The zero-order valence-corrected chi connectivity index (χ0v) is 34.1. The minimum atomic E-state index is -4.42. The molecule has 2 unspecified atom stereocenters. The molecule has 0 radical (unpaired) electrons. The summed E-state index contributed by atoms with van der Waals surface area (Å²) in [6.45, 7) is 7.92. The number of amides is 1. The first-order valence-corrected chi connectivity index (χ1v) is 19.8. The van der Waals surface area contributed by atoms with Crippen molar-refractivity contribution in [2.24, 2.45) is 0 Å². The van der Waals surface area contributed by atoms with Gasteiger partial charge < -0.3 is 34.8 Å². The lowest BCUT2D eigenvalue weighted by Crippen LogP contribution is -2.49. The number of pyridine rings is 2. The molecule has 4 N–H and O–H groups in total. The highest BCUT2D eigenvalue weighted by Crippen LogP contribution is 2.31. The normalized spacial score (nSPS) is 14.6. The highest BCUT2D eigenvalue weighted by molar-refractivity contribution is 5.83. The number of aliphatic hydroxyl groups excluding tert-OH is 2. The number of halogens is 5. The number of hydrogen-bond acceptors (Lipinski definition) is 8. The molecule has 62 heavy (non-hydrogen) atoms. The largest absolute Gasteiger partial charge is 0.479 e. The number of likely N-dealkylation sites (tertiary alicyclic amines) is 1. The zero-order chi connectivity index (χ0) is 45.5. The first-order chi connectivity index (χ1) is 29.2. The van der Waals surface area contributed by atoms with Crippen molar-refractivity contribution in [3.05, 3.63) is 135 Å². The maximum absolute atomic E-state index is 14.6. The van der Waals surface area contributed by atoms with Gasteiger partial charge in [-0.15, -0.1) is 0 Å². The summed E-state index contributed by atoms with van der Waals surface area (Å²) in [4.78, 5) is 56.3. The Labute approximate surface area is 353 Å². The van der Waals surface area contributed by atoms with Gasteiger partial charge in [0.15, 0.2) is 29.3 Å². The molecule has 5 aromatic rings. The molecule has 0 spiro atoms. The van der Waals surface area contributed by atoms with Crippen molar-refractivity contribution < 1.29 is 56.8 Å². The Bertz CT molecular complexity index is 2420. The molecule has 0 aliphatic carbocycles. The van der Waals surface area contributed by atoms with Crippen LogP contribution in [0.1, 0.15) is 54.8 Å². The Hall–Kier alpha value is -6.04. The quantitative estimate of drug-likeness (QED) is 0.0994. The fraction of sp³-hybridized carbons (Fsp3) is 0.356. The second kappa shape index (κ2) is 20.2. The number of aromatic nitrogens is 2. The topological polar surface area (TPSA) is 174 Å².